The molecule has 0 amide bonds. The highest BCUT2D eigenvalue weighted by molar-refractivity contribution is 5.72. The molecular formula is C11H15N5. The topological polar surface area (TPSA) is 93.6 Å². The molecular weight excluding hydrogens is 202 g/mol. The molecule has 0 bridgehead atoms. The van der Waals surface area contributed by atoms with Crippen LogP contribution in [0.15, 0.2) is 12.1 Å². The average molecular weight is 217 g/mol. The van der Waals surface area contributed by atoms with Gasteiger partial charge in [-0.25, -0.2) is 9.97 Å². The number of hydrogen-bond acceptors (Lipinski definition) is 4. The fourth-order valence-corrected chi connectivity index (χ4v) is 2.18. The number of fused-ring (bicyclic) bond motifs is 1. The molecule has 16 heavy (non-hydrogen) atoms. The number of anilines is 1. The Bertz CT molecular complexity index is 526. The van der Waals surface area contributed by atoms with Crippen LogP contribution < -0.4 is 11.5 Å². The summed E-state index contributed by atoms with van der Waals surface area (Å²) in [6.07, 6.45) is 4.18. The second-order valence-electron chi connectivity index (χ2n) is 4.68. The summed E-state index contributed by atoms with van der Waals surface area (Å²) in [6, 6.07) is 3.67. The Morgan fingerprint density at radius 3 is 2.81 bits per heavy atom. The first-order chi connectivity index (χ1) is 7.65. The lowest BCUT2D eigenvalue weighted by molar-refractivity contribution is 0.244. The number of nitrogen functional groups attached to an aromatic ring is 1. The number of nitrogens with one attached hydrogen (secondary N) is 1. The van der Waals surface area contributed by atoms with E-state index in [-0.39, 0.29) is 5.54 Å². The van der Waals surface area contributed by atoms with Crippen LogP contribution >= 0.6 is 0 Å². The third kappa shape index (κ3) is 1.53. The van der Waals surface area contributed by atoms with Gasteiger partial charge in [0.2, 0.25) is 0 Å². The van der Waals surface area contributed by atoms with Gasteiger partial charge in [-0.1, -0.05) is 0 Å². The molecule has 0 aromatic carbocycles. The van der Waals surface area contributed by atoms with E-state index in [2.05, 4.69) is 15.0 Å². The third-order valence-corrected chi connectivity index (χ3v) is 3.29. The molecule has 84 valence electrons. The Kier molecular flexibility index (Phi) is 1.91. The van der Waals surface area contributed by atoms with Gasteiger partial charge in [0, 0.05) is 12.0 Å². The molecule has 0 spiro atoms. The predicted octanol–water partition coefficient (Wildman–Crippen LogP) is 0.964. The lowest BCUT2D eigenvalue weighted by Crippen LogP contribution is -2.48. The summed E-state index contributed by atoms with van der Waals surface area (Å²) in [5, 5.41) is 0. The van der Waals surface area contributed by atoms with E-state index < -0.39 is 0 Å². The SMILES string of the molecule is Nc1ccc2[nH]c(CC3(N)CCC3)nc2n1. The number of pyridine rings is 1. The van der Waals surface area contributed by atoms with E-state index in [0.29, 0.717) is 11.5 Å². The van der Waals surface area contributed by atoms with E-state index in [4.69, 9.17) is 11.5 Å². The maximum absolute atomic E-state index is 6.18. The molecule has 5 N–H and O–H groups in total. The number of aromatic nitrogens is 3. The van der Waals surface area contributed by atoms with Crippen LogP contribution in [0.3, 0.4) is 0 Å². The Morgan fingerprint density at radius 2 is 2.12 bits per heavy atom. The monoisotopic (exact) mass is 217 g/mol. The zero-order valence-corrected chi connectivity index (χ0v) is 9.03. The Morgan fingerprint density at radius 1 is 1.31 bits per heavy atom. The zero-order chi connectivity index (χ0) is 11.2. The molecule has 1 aliphatic rings. The molecule has 5 nitrogen and oxygen atoms in total. The largest absolute Gasteiger partial charge is 0.384 e. The number of nitrogens with zero attached hydrogens (tertiary/aromatic N) is 2. The average Bonchev–Trinajstić information content (AvgIpc) is 2.56. The van der Waals surface area contributed by atoms with Crippen LogP contribution in [0, 0.1) is 0 Å². The van der Waals surface area contributed by atoms with Crippen LogP contribution in [0.1, 0.15) is 25.1 Å². The number of imidazole rings is 1. The summed E-state index contributed by atoms with van der Waals surface area (Å²) in [5.41, 5.74) is 13.3. The van der Waals surface area contributed by atoms with Crippen molar-refractivity contribution in [3.05, 3.63) is 18.0 Å². The smallest absolute Gasteiger partial charge is 0.179 e. The van der Waals surface area contributed by atoms with E-state index in [1.54, 1.807) is 6.07 Å². The molecule has 2 aromatic heterocycles. The summed E-state index contributed by atoms with van der Waals surface area (Å²) in [7, 11) is 0. The van der Waals surface area contributed by atoms with Gasteiger partial charge in [0.05, 0.1) is 5.52 Å². The van der Waals surface area contributed by atoms with Crippen molar-refractivity contribution >= 4 is 17.0 Å². The second kappa shape index (κ2) is 3.18. The summed E-state index contributed by atoms with van der Waals surface area (Å²) >= 11 is 0. The predicted molar refractivity (Wildman–Crippen MR) is 62.8 cm³/mol. The van der Waals surface area contributed by atoms with E-state index in [1.807, 2.05) is 6.07 Å². The molecule has 1 fully saturated rings. The van der Waals surface area contributed by atoms with Crippen molar-refractivity contribution in [2.24, 2.45) is 5.73 Å². The molecule has 3 rings (SSSR count). The molecule has 0 saturated heterocycles. The lowest BCUT2D eigenvalue weighted by Gasteiger charge is -2.37. The van der Waals surface area contributed by atoms with Crippen molar-refractivity contribution in [2.45, 2.75) is 31.2 Å². The van der Waals surface area contributed by atoms with E-state index in [9.17, 15) is 0 Å². The molecule has 0 aliphatic heterocycles. The molecule has 2 aromatic rings. The molecule has 5 heteroatoms. The molecule has 0 unspecified atom stereocenters. The van der Waals surface area contributed by atoms with Gasteiger partial charge < -0.3 is 16.5 Å². The van der Waals surface area contributed by atoms with Crippen LogP contribution in [-0.4, -0.2) is 20.5 Å². The lowest BCUT2D eigenvalue weighted by atomic mass is 9.75. The Balaban J connectivity index is 1.93. The summed E-state index contributed by atoms with van der Waals surface area (Å²) < 4.78 is 0. The van der Waals surface area contributed by atoms with Crippen molar-refractivity contribution in [1.82, 2.24) is 15.0 Å². The van der Waals surface area contributed by atoms with Crippen LogP contribution in [0.5, 0.6) is 0 Å². The van der Waals surface area contributed by atoms with Crippen molar-refractivity contribution in [2.75, 3.05) is 5.73 Å². The fraction of sp³-hybridized carbons (Fsp3) is 0.455. The van der Waals surface area contributed by atoms with Gasteiger partial charge in [-0.2, -0.15) is 0 Å². The van der Waals surface area contributed by atoms with Gasteiger partial charge in [0.1, 0.15) is 11.6 Å². The van der Waals surface area contributed by atoms with E-state index in [0.717, 1.165) is 30.6 Å². The normalized spacial score (nSPS) is 18.6. The highest BCUT2D eigenvalue weighted by Crippen LogP contribution is 2.31. The Hall–Kier alpha value is -1.62. The van der Waals surface area contributed by atoms with Gasteiger partial charge >= 0.3 is 0 Å². The Labute approximate surface area is 93.3 Å². The van der Waals surface area contributed by atoms with Gasteiger partial charge in [-0.05, 0) is 31.4 Å². The fourth-order valence-electron chi connectivity index (χ4n) is 2.18. The first-order valence-electron chi connectivity index (χ1n) is 5.55. The van der Waals surface area contributed by atoms with Gasteiger partial charge in [0.15, 0.2) is 5.65 Å². The maximum Gasteiger partial charge on any atom is 0.179 e. The van der Waals surface area contributed by atoms with Gasteiger partial charge in [0.25, 0.3) is 0 Å². The summed E-state index contributed by atoms with van der Waals surface area (Å²) in [5.74, 6) is 1.41. The summed E-state index contributed by atoms with van der Waals surface area (Å²) in [6.45, 7) is 0. The van der Waals surface area contributed by atoms with Crippen molar-refractivity contribution in [1.29, 1.82) is 0 Å². The number of hydrogen-bond donors (Lipinski definition) is 3. The van der Waals surface area contributed by atoms with Crippen LogP contribution in [-0.2, 0) is 6.42 Å². The summed E-state index contributed by atoms with van der Waals surface area (Å²) in [4.78, 5) is 11.8. The van der Waals surface area contributed by atoms with Crippen molar-refractivity contribution in [3.8, 4) is 0 Å². The maximum atomic E-state index is 6.18. The number of nitrogens with two attached hydrogens (primary N) is 2. The minimum Gasteiger partial charge on any atom is -0.384 e. The van der Waals surface area contributed by atoms with Gasteiger partial charge in [-0.15, -0.1) is 0 Å². The van der Waals surface area contributed by atoms with Gasteiger partial charge in [-0.3, -0.25) is 0 Å². The van der Waals surface area contributed by atoms with E-state index >= 15 is 0 Å². The number of rotatable bonds is 2. The first kappa shape index (κ1) is 9.59. The molecule has 0 atom stereocenters. The van der Waals surface area contributed by atoms with Crippen LogP contribution in [0.25, 0.3) is 11.2 Å². The number of H-pyrrole nitrogens is 1. The molecule has 1 saturated carbocycles. The third-order valence-electron chi connectivity index (χ3n) is 3.29. The minimum atomic E-state index is -0.0561. The standard InChI is InChI=1S/C11H15N5/c12-8-3-2-7-10(15-8)16-9(14-7)6-11(13)4-1-5-11/h2-3H,1,4-6,13H2,(H3,12,14,15,16). The van der Waals surface area contributed by atoms with Crippen molar-refractivity contribution in [3.63, 3.8) is 0 Å². The number of aromatic amines is 1. The highest BCUT2D eigenvalue weighted by atomic mass is 15.0. The molecule has 0 radical (unpaired) electrons. The zero-order valence-electron chi connectivity index (χ0n) is 9.03. The molecule has 1 aliphatic carbocycles. The minimum absolute atomic E-state index is 0.0561. The highest BCUT2D eigenvalue weighted by Gasteiger charge is 2.33. The van der Waals surface area contributed by atoms with Crippen LogP contribution in [0.2, 0.25) is 0 Å². The van der Waals surface area contributed by atoms with Crippen LogP contribution in [0.4, 0.5) is 5.82 Å². The second-order valence-corrected chi connectivity index (χ2v) is 4.68. The van der Waals surface area contributed by atoms with Crippen molar-refractivity contribution < 1.29 is 0 Å². The first-order valence-corrected chi connectivity index (χ1v) is 5.55. The molecule has 2 heterocycles. The van der Waals surface area contributed by atoms with E-state index in [1.165, 1.54) is 6.42 Å². The quantitative estimate of drug-likeness (QED) is 0.698.